The van der Waals surface area contributed by atoms with Crippen LogP contribution >= 0.6 is 0 Å². The molecule has 0 aliphatic rings. The third kappa shape index (κ3) is 2.49. The normalized spacial score (nSPS) is 10.6. The zero-order valence-electron chi connectivity index (χ0n) is 11.0. The molecule has 0 saturated heterocycles. The Kier molecular flexibility index (Phi) is 3.13. The molecular weight excluding hydrogens is 248 g/mol. The second-order valence-electron chi connectivity index (χ2n) is 4.71. The average molecular weight is 264 g/mol. The summed E-state index contributed by atoms with van der Waals surface area (Å²) >= 11 is 0. The van der Waals surface area contributed by atoms with Crippen LogP contribution in [-0.2, 0) is 6.54 Å². The number of hydrogen-bond acceptors (Lipinski definition) is 4. The zero-order chi connectivity index (χ0) is 13.9. The van der Waals surface area contributed by atoms with Gasteiger partial charge in [0.25, 0.3) is 0 Å². The third-order valence-electron chi connectivity index (χ3n) is 3.24. The Bertz CT molecular complexity index is 752. The highest BCUT2D eigenvalue weighted by molar-refractivity contribution is 5.83. The first-order chi connectivity index (χ1) is 9.72. The minimum Gasteiger partial charge on any atom is -0.396 e. The molecule has 3 aromatic rings. The summed E-state index contributed by atoms with van der Waals surface area (Å²) in [7, 11) is 0. The van der Waals surface area contributed by atoms with Crippen LogP contribution in [0.15, 0.2) is 54.6 Å². The first kappa shape index (κ1) is 12.3. The van der Waals surface area contributed by atoms with E-state index in [2.05, 4.69) is 40.6 Å². The Morgan fingerprint density at radius 3 is 2.50 bits per heavy atom. The monoisotopic (exact) mass is 264 g/mol. The molecule has 5 N–H and O–H groups in total. The standard InChI is InChI=1S/C16H16N4/c17-14-7-8-15(20-16(14)18)19-10-11-5-6-12-3-1-2-4-13(12)9-11/h1-9H,10,17H2,(H3,18,19,20). The van der Waals surface area contributed by atoms with Gasteiger partial charge in [-0.25, -0.2) is 4.98 Å². The van der Waals surface area contributed by atoms with Gasteiger partial charge in [-0.3, -0.25) is 0 Å². The van der Waals surface area contributed by atoms with E-state index in [4.69, 9.17) is 11.5 Å². The van der Waals surface area contributed by atoms with Crippen molar-refractivity contribution in [2.45, 2.75) is 6.54 Å². The van der Waals surface area contributed by atoms with E-state index in [1.54, 1.807) is 6.07 Å². The highest BCUT2D eigenvalue weighted by Crippen LogP contribution is 2.18. The second-order valence-corrected chi connectivity index (χ2v) is 4.71. The van der Waals surface area contributed by atoms with Crippen molar-refractivity contribution < 1.29 is 0 Å². The fourth-order valence-electron chi connectivity index (χ4n) is 2.13. The minimum absolute atomic E-state index is 0.355. The molecule has 0 fully saturated rings. The largest absolute Gasteiger partial charge is 0.396 e. The molecule has 100 valence electrons. The number of fused-ring (bicyclic) bond motifs is 1. The lowest BCUT2D eigenvalue weighted by molar-refractivity contribution is 1.12. The Morgan fingerprint density at radius 1 is 0.900 bits per heavy atom. The lowest BCUT2D eigenvalue weighted by atomic mass is 10.1. The number of nitrogens with two attached hydrogens (primary N) is 2. The Balaban J connectivity index is 1.77. The third-order valence-corrected chi connectivity index (χ3v) is 3.24. The Labute approximate surface area is 117 Å². The van der Waals surface area contributed by atoms with Crippen LogP contribution < -0.4 is 16.8 Å². The highest BCUT2D eigenvalue weighted by Gasteiger charge is 2.00. The quantitative estimate of drug-likeness (QED) is 0.679. The predicted octanol–water partition coefficient (Wildman–Crippen LogP) is 3.01. The van der Waals surface area contributed by atoms with Crippen LogP contribution in [0.4, 0.5) is 17.3 Å². The molecule has 0 radical (unpaired) electrons. The number of rotatable bonds is 3. The number of pyridine rings is 1. The van der Waals surface area contributed by atoms with Gasteiger partial charge in [-0.15, -0.1) is 0 Å². The van der Waals surface area contributed by atoms with Crippen LogP contribution in [0.3, 0.4) is 0 Å². The maximum atomic E-state index is 5.69. The van der Waals surface area contributed by atoms with Crippen molar-refractivity contribution in [2.75, 3.05) is 16.8 Å². The highest BCUT2D eigenvalue weighted by atomic mass is 15.0. The van der Waals surface area contributed by atoms with Crippen molar-refractivity contribution in [2.24, 2.45) is 0 Å². The van der Waals surface area contributed by atoms with Gasteiger partial charge in [0, 0.05) is 6.54 Å². The molecule has 1 aromatic heterocycles. The van der Waals surface area contributed by atoms with Crippen molar-refractivity contribution in [3.8, 4) is 0 Å². The molecule has 0 saturated carbocycles. The van der Waals surface area contributed by atoms with E-state index in [1.807, 2.05) is 18.2 Å². The summed E-state index contributed by atoms with van der Waals surface area (Å²) in [5.74, 6) is 1.08. The first-order valence-electron chi connectivity index (χ1n) is 6.46. The maximum absolute atomic E-state index is 5.69. The van der Waals surface area contributed by atoms with Gasteiger partial charge in [-0.2, -0.15) is 0 Å². The molecule has 0 spiro atoms. The van der Waals surface area contributed by atoms with E-state index in [0.29, 0.717) is 18.1 Å². The molecular formula is C16H16N4. The van der Waals surface area contributed by atoms with Crippen LogP contribution in [0.1, 0.15) is 5.56 Å². The Morgan fingerprint density at radius 2 is 1.70 bits per heavy atom. The Hall–Kier alpha value is -2.75. The van der Waals surface area contributed by atoms with Gasteiger partial charge in [-0.1, -0.05) is 36.4 Å². The topological polar surface area (TPSA) is 77.0 Å². The summed E-state index contributed by atoms with van der Waals surface area (Å²) < 4.78 is 0. The number of benzene rings is 2. The van der Waals surface area contributed by atoms with Crippen molar-refractivity contribution in [1.82, 2.24) is 4.98 Å². The summed E-state index contributed by atoms with van der Waals surface area (Å²) in [6.07, 6.45) is 0. The van der Waals surface area contributed by atoms with Gasteiger partial charge in [0.1, 0.15) is 11.6 Å². The van der Waals surface area contributed by atoms with Gasteiger partial charge in [-0.05, 0) is 34.5 Å². The molecule has 0 aliphatic carbocycles. The summed E-state index contributed by atoms with van der Waals surface area (Å²) in [5, 5.41) is 5.72. The lowest BCUT2D eigenvalue weighted by Crippen LogP contribution is -2.04. The second kappa shape index (κ2) is 5.09. The SMILES string of the molecule is Nc1ccc(NCc2ccc3ccccc3c2)nc1N. The minimum atomic E-state index is 0.355. The van der Waals surface area contributed by atoms with E-state index in [0.717, 1.165) is 5.82 Å². The van der Waals surface area contributed by atoms with Gasteiger partial charge < -0.3 is 16.8 Å². The maximum Gasteiger partial charge on any atom is 0.149 e. The number of nitrogens with one attached hydrogen (secondary N) is 1. The summed E-state index contributed by atoms with van der Waals surface area (Å²) in [6.45, 7) is 0.696. The van der Waals surface area contributed by atoms with Gasteiger partial charge in [0.15, 0.2) is 0 Å². The van der Waals surface area contributed by atoms with E-state index in [9.17, 15) is 0 Å². The molecule has 4 heteroatoms. The molecule has 20 heavy (non-hydrogen) atoms. The molecule has 0 aliphatic heterocycles. The van der Waals surface area contributed by atoms with Gasteiger partial charge >= 0.3 is 0 Å². The number of aromatic nitrogens is 1. The fourth-order valence-corrected chi connectivity index (χ4v) is 2.13. The van der Waals surface area contributed by atoms with Crippen LogP contribution in [0, 0.1) is 0 Å². The molecule has 1 heterocycles. The lowest BCUT2D eigenvalue weighted by Gasteiger charge is -2.08. The van der Waals surface area contributed by atoms with Crippen molar-refractivity contribution in [1.29, 1.82) is 0 Å². The predicted molar refractivity (Wildman–Crippen MR) is 84.3 cm³/mol. The molecule has 4 nitrogen and oxygen atoms in total. The summed E-state index contributed by atoms with van der Waals surface area (Å²) in [4.78, 5) is 4.19. The molecule has 3 rings (SSSR count). The van der Waals surface area contributed by atoms with E-state index in [1.165, 1.54) is 16.3 Å². The van der Waals surface area contributed by atoms with E-state index in [-0.39, 0.29) is 0 Å². The van der Waals surface area contributed by atoms with Crippen LogP contribution in [0.5, 0.6) is 0 Å². The number of nitrogen functional groups attached to an aromatic ring is 2. The number of anilines is 3. The van der Waals surface area contributed by atoms with Crippen molar-refractivity contribution >= 4 is 28.1 Å². The molecule has 0 atom stereocenters. The smallest absolute Gasteiger partial charge is 0.149 e. The van der Waals surface area contributed by atoms with E-state index < -0.39 is 0 Å². The molecule has 0 bridgehead atoms. The molecule has 2 aromatic carbocycles. The van der Waals surface area contributed by atoms with E-state index >= 15 is 0 Å². The fraction of sp³-hybridized carbons (Fsp3) is 0.0625. The van der Waals surface area contributed by atoms with Crippen LogP contribution in [0.25, 0.3) is 10.8 Å². The van der Waals surface area contributed by atoms with Gasteiger partial charge in [0.2, 0.25) is 0 Å². The number of hydrogen-bond donors (Lipinski definition) is 3. The van der Waals surface area contributed by atoms with Gasteiger partial charge in [0.05, 0.1) is 5.69 Å². The van der Waals surface area contributed by atoms with Crippen molar-refractivity contribution in [3.05, 3.63) is 60.2 Å². The average Bonchev–Trinajstić information content (AvgIpc) is 2.48. The summed E-state index contributed by atoms with van der Waals surface area (Å²) in [5.41, 5.74) is 13.0. The zero-order valence-corrected chi connectivity index (χ0v) is 11.0. The van der Waals surface area contributed by atoms with Crippen LogP contribution in [-0.4, -0.2) is 4.98 Å². The number of nitrogens with zero attached hydrogens (tertiary/aromatic N) is 1. The van der Waals surface area contributed by atoms with Crippen LogP contribution in [0.2, 0.25) is 0 Å². The summed E-state index contributed by atoms with van der Waals surface area (Å²) in [6, 6.07) is 18.3. The molecule has 0 amide bonds. The van der Waals surface area contributed by atoms with Crippen molar-refractivity contribution in [3.63, 3.8) is 0 Å². The first-order valence-corrected chi connectivity index (χ1v) is 6.46. The molecule has 0 unspecified atom stereocenters.